The number of anilines is 1. The number of nitrogen functional groups attached to an aromatic ring is 1. The first-order chi connectivity index (χ1) is 9.67. The zero-order chi connectivity index (χ0) is 16.2. The molecule has 0 saturated carbocycles. The van der Waals surface area contributed by atoms with Crippen molar-refractivity contribution in [1.82, 2.24) is 9.62 Å². The summed E-state index contributed by atoms with van der Waals surface area (Å²) in [5.41, 5.74) is 4.59. The van der Waals surface area contributed by atoms with Crippen LogP contribution in [0, 0.1) is 13.8 Å². The first kappa shape index (κ1) is 17.9. The Morgan fingerprint density at radius 2 is 1.76 bits per heavy atom. The molecule has 0 radical (unpaired) electrons. The molecule has 0 fully saturated rings. The lowest BCUT2D eigenvalue weighted by Crippen LogP contribution is -2.35. The summed E-state index contributed by atoms with van der Waals surface area (Å²) in [6, 6.07) is 3.33. The van der Waals surface area contributed by atoms with E-state index in [1.54, 1.807) is 26.0 Å². The highest BCUT2D eigenvalue weighted by Gasteiger charge is 2.22. The van der Waals surface area contributed by atoms with Crippen LogP contribution in [0.3, 0.4) is 0 Å². The molecule has 0 heterocycles. The summed E-state index contributed by atoms with van der Waals surface area (Å²) in [7, 11) is 0.402. The van der Waals surface area contributed by atoms with Crippen LogP contribution in [0.4, 0.5) is 5.69 Å². The summed E-state index contributed by atoms with van der Waals surface area (Å²) in [4.78, 5) is 2.36. The number of hydrazine groups is 1. The topological polar surface area (TPSA) is 87.5 Å². The normalized spacial score (nSPS) is 13.5. The number of nitrogens with two attached hydrogens (primary N) is 1. The van der Waals surface area contributed by atoms with Gasteiger partial charge in [-0.1, -0.05) is 0 Å². The molecule has 1 unspecified atom stereocenters. The summed E-state index contributed by atoms with van der Waals surface area (Å²) < 4.78 is 27.8. The first-order valence-corrected chi connectivity index (χ1v) is 8.40. The standard InChI is InChI=1S/C14H26N4O2S/c1-10-8-13(16-15)9-11(2)14(10)21(19,20)17-12(3)6-7-18(4)5/h8-9,12,16-17H,6-7,15H2,1-5H3. The van der Waals surface area contributed by atoms with E-state index in [9.17, 15) is 8.42 Å². The SMILES string of the molecule is Cc1cc(NN)cc(C)c1S(=O)(=O)NC(C)CCN(C)C. The van der Waals surface area contributed by atoms with Gasteiger partial charge in [0.2, 0.25) is 10.0 Å². The van der Waals surface area contributed by atoms with Gasteiger partial charge in [0, 0.05) is 11.7 Å². The Bertz CT molecular complexity index is 562. The molecule has 120 valence electrons. The van der Waals surface area contributed by atoms with Crippen LogP contribution in [-0.2, 0) is 10.0 Å². The van der Waals surface area contributed by atoms with E-state index in [1.165, 1.54) is 0 Å². The van der Waals surface area contributed by atoms with E-state index < -0.39 is 10.0 Å². The highest BCUT2D eigenvalue weighted by atomic mass is 32.2. The van der Waals surface area contributed by atoms with E-state index in [-0.39, 0.29) is 6.04 Å². The molecule has 0 bridgehead atoms. The van der Waals surface area contributed by atoms with Gasteiger partial charge in [0.15, 0.2) is 0 Å². The van der Waals surface area contributed by atoms with Crippen molar-refractivity contribution >= 4 is 15.7 Å². The van der Waals surface area contributed by atoms with Crippen molar-refractivity contribution in [2.45, 2.75) is 38.1 Å². The van der Waals surface area contributed by atoms with Gasteiger partial charge in [-0.05, 0) is 71.1 Å². The van der Waals surface area contributed by atoms with Crippen molar-refractivity contribution in [2.75, 3.05) is 26.1 Å². The van der Waals surface area contributed by atoms with Gasteiger partial charge < -0.3 is 10.3 Å². The monoisotopic (exact) mass is 314 g/mol. The minimum atomic E-state index is -3.53. The molecule has 1 aromatic carbocycles. The van der Waals surface area contributed by atoms with Crippen molar-refractivity contribution < 1.29 is 8.42 Å². The third kappa shape index (κ3) is 4.96. The fourth-order valence-electron chi connectivity index (χ4n) is 2.29. The minimum Gasteiger partial charge on any atom is -0.324 e. The highest BCUT2D eigenvalue weighted by Crippen LogP contribution is 2.24. The van der Waals surface area contributed by atoms with Crippen molar-refractivity contribution in [3.05, 3.63) is 23.3 Å². The summed E-state index contributed by atoms with van der Waals surface area (Å²) >= 11 is 0. The second-order valence-corrected chi connectivity index (χ2v) is 7.35. The van der Waals surface area contributed by atoms with E-state index in [0.717, 1.165) is 13.0 Å². The number of sulfonamides is 1. The van der Waals surface area contributed by atoms with Gasteiger partial charge >= 0.3 is 0 Å². The Morgan fingerprint density at radius 3 is 2.19 bits per heavy atom. The molecule has 0 amide bonds. The van der Waals surface area contributed by atoms with Crippen LogP contribution in [0.2, 0.25) is 0 Å². The number of nitrogens with zero attached hydrogens (tertiary/aromatic N) is 1. The molecule has 0 saturated heterocycles. The zero-order valence-electron chi connectivity index (χ0n) is 13.4. The van der Waals surface area contributed by atoms with E-state index in [4.69, 9.17) is 5.84 Å². The van der Waals surface area contributed by atoms with E-state index in [1.807, 2.05) is 25.9 Å². The largest absolute Gasteiger partial charge is 0.324 e. The Labute approximate surface area is 127 Å². The maximum atomic E-state index is 12.6. The van der Waals surface area contributed by atoms with Crippen LogP contribution in [0.5, 0.6) is 0 Å². The van der Waals surface area contributed by atoms with Crippen LogP contribution in [0.25, 0.3) is 0 Å². The smallest absolute Gasteiger partial charge is 0.241 e. The Kier molecular flexibility index (Phi) is 6.15. The summed E-state index contributed by atoms with van der Waals surface area (Å²) in [5, 5.41) is 0. The molecule has 1 atom stereocenters. The number of benzene rings is 1. The molecule has 7 heteroatoms. The molecule has 0 aliphatic rings. The molecule has 6 nitrogen and oxygen atoms in total. The fourth-order valence-corrected chi connectivity index (χ4v) is 4.02. The number of hydrogen-bond donors (Lipinski definition) is 3. The third-order valence-corrected chi connectivity index (χ3v) is 5.16. The maximum Gasteiger partial charge on any atom is 0.241 e. The lowest BCUT2D eigenvalue weighted by Gasteiger charge is -2.19. The molecule has 0 aliphatic carbocycles. The van der Waals surface area contributed by atoms with E-state index in [0.29, 0.717) is 21.7 Å². The quantitative estimate of drug-likeness (QED) is 0.520. The Hall–Kier alpha value is -1.15. The molecular formula is C14H26N4O2S. The van der Waals surface area contributed by atoms with Gasteiger partial charge in [0.05, 0.1) is 4.90 Å². The van der Waals surface area contributed by atoms with Crippen LogP contribution in [0.15, 0.2) is 17.0 Å². The molecular weight excluding hydrogens is 288 g/mol. The van der Waals surface area contributed by atoms with Crippen molar-refractivity contribution in [3.8, 4) is 0 Å². The van der Waals surface area contributed by atoms with Gasteiger partial charge in [-0.25, -0.2) is 13.1 Å². The van der Waals surface area contributed by atoms with Gasteiger partial charge in [-0.3, -0.25) is 5.84 Å². The lowest BCUT2D eigenvalue weighted by molar-refractivity contribution is 0.379. The molecule has 0 aromatic heterocycles. The van der Waals surface area contributed by atoms with Crippen LogP contribution >= 0.6 is 0 Å². The van der Waals surface area contributed by atoms with Gasteiger partial charge in [0.25, 0.3) is 0 Å². The Balaban J connectivity index is 2.98. The summed E-state index contributed by atoms with van der Waals surface area (Å²) in [5.74, 6) is 5.38. The number of rotatable bonds is 7. The van der Waals surface area contributed by atoms with Crippen molar-refractivity contribution in [3.63, 3.8) is 0 Å². The predicted octanol–water partition coefficient (Wildman–Crippen LogP) is 1.21. The first-order valence-electron chi connectivity index (χ1n) is 6.92. The molecule has 0 aliphatic heterocycles. The molecule has 1 aromatic rings. The minimum absolute atomic E-state index is 0.122. The number of aryl methyl sites for hydroxylation is 2. The second kappa shape index (κ2) is 7.22. The molecule has 21 heavy (non-hydrogen) atoms. The van der Waals surface area contributed by atoms with Crippen LogP contribution in [-0.4, -0.2) is 40.0 Å². The van der Waals surface area contributed by atoms with Gasteiger partial charge in [0.1, 0.15) is 0 Å². The van der Waals surface area contributed by atoms with Crippen molar-refractivity contribution in [2.24, 2.45) is 5.84 Å². The summed E-state index contributed by atoms with van der Waals surface area (Å²) in [6.07, 6.45) is 0.757. The zero-order valence-corrected chi connectivity index (χ0v) is 14.2. The summed E-state index contributed by atoms with van der Waals surface area (Å²) in [6.45, 7) is 6.25. The van der Waals surface area contributed by atoms with Crippen molar-refractivity contribution in [1.29, 1.82) is 0 Å². The van der Waals surface area contributed by atoms with Crippen LogP contribution in [0.1, 0.15) is 24.5 Å². The average molecular weight is 314 g/mol. The van der Waals surface area contributed by atoms with Gasteiger partial charge in [-0.15, -0.1) is 0 Å². The Morgan fingerprint density at radius 1 is 1.24 bits per heavy atom. The lowest BCUT2D eigenvalue weighted by atomic mass is 10.1. The molecule has 4 N–H and O–H groups in total. The van der Waals surface area contributed by atoms with E-state index >= 15 is 0 Å². The fraction of sp³-hybridized carbons (Fsp3) is 0.571. The predicted molar refractivity (Wildman–Crippen MR) is 86.7 cm³/mol. The molecule has 1 rings (SSSR count). The number of hydrogen-bond acceptors (Lipinski definition) is 5. The number of nitrogens with one attached hydrogen (secondary N) is 2. The highest BCUT2D eigenvalue weighted by molar-refractivity contribution is 7.89. The van der Waals surface area contributed by atoms with Crippen LogP contribution < -0.4 is 16.0 Å². The maximum absolute atomic E-state index is 12.6. The molecule has 0 spiro atoms. The second-order valence-electron chi connectivity index (χ2n) is 5.70. The van der Waals surface area contributed by atoms with Gasteiger partial charge in [-0.2, -0.15) is 0 Å². The van der Waals surface area contributed by atoms with E-state index in [2.05, 4.69) is 10.1 Å². The average Bonchev–Trinajstić information content (AvgIpc) is 2.34. The third-order valence-electron chi connectivity index (χ3n) is 3.26.